The van der Waals surface area contributed by atoms with Gasteiger partial charge in [-0.3, -0.25) is 0 Å². The number of rotatable bonds is 1. The van der Waals surface area contributed by atoms with Gasteiger partial charge < -0.3 is 0 Å². The fourth-order valence-corrected chi connectivity index (χ4v) is 3.34. The molecule has 3 aromatic rings. The fourth-order valence-electron chi connectivity index (χ4n) is 3.34. The molecule has 1 aliphatic rings. The highest BCUT2D eigenvalue weighted by Crippen LogP contribution is 2.33. The Morgan fingerprint density at radius 3 is 2.23 bits per heavy atom. The van der Waals surface area contributed by atoms with Gasteiger partial charge in [0.1, 0.15) is 0 Å². The van der Waals surface area contributed by atoms with E-state index in [0.717, 1.165) is 0 Å². The molecule has 0 fully saturated rings. The summed E-state index contributed by atoms with van der Waals surface area (Å²) >= 11 is 0. The standard InChI is InChI=1S/C18H16.C4H10/c1-3-7-15-13(5-1)9-11-18-16-8-4-2-6-14(16)10-12-17(15)18;1-3-4-2/h1,3,5,7,9-12H,2,4,6,8H2;3-4H2,1-2H3. The van der Waals surface area contributed by atoms with Crippen molar-refractivity contribution in [1.29, 1.82) is 0 Å². The lowest BCUT2D eigenvalue weighted by Crippen LogP contribution is -2.02. The van der Waals surface area contributed by atoms with E-state index in [1.807, 2.05) is 0 Å². The van der Waals surface area contributed by atoms with Crippen LogP contribution in [0.5, 0.6) is 0 Å². The van der Waals surface area contributed by atoms with Crippen molar-refractivity contribution in [1.82, 2.24) is 0 Å². The molecule has 0 saturated carbocycles. The second-order valence-corrected chi connectivity index (χ2v) is 6.29. The maximum Gasteiger partial charge on any atom is -0.0102 e. The summed E-state index contributed by atoms with van der Waals surface area (Å²) in [5.74, 6) is 0. The van der Waals surface area contributed by atoms with Crippen molar-refractivity contribution in [2.45, 2.75) is 52.4 Å². The molecule has 0 aromatic heterocycles. The van der Waals surface area contributed by atoms with E-state index in [4.69, 9.17) is 0 Å². The average Bonchev–Trinajstić information content (AvgIpc) is 2.61. The van der Waals surface area contributed by atoms with E-state index in [1.54, 1.807) is 11.1 Å². The highest BCUT2D eigenvalue weighted by molar-refractivity contribution is 6.08. The predicted molar refractivity (Wildman–Crippen MR) is 98.7 cm³/mol. The second-order valence-electron chi connectivity index (χ2n) is 6.29. The van der Waals surface area contributed by atoms with Crippen molar-refractivity contribution < 1.29 is 0 Å². The van der Waals surface area contributed by atoms with Crippen LogP contribution in [0.15, 0.2) is 48.5 Å². The van der Waals surface area contributed by atoms with Crippen LogP contribution in [0.1, 0.15) is 50.7 Å². The van der Waals surface area contributed by atoms with Gasteiger partial charge in [-0.25, -0.2) is 0 Å². The number of fused-ring (bicyclic) bond motifs is 5. The summed E-state index contributed by atoms with van der Waals surface area (Å²) in [4.78, 5) is 0. The van der Waals surface area contributed by atoms with Gasteiger partial charge in [0.2, 0.25) is 0 Å². The molecule has 0 nitrogen and oxygen atoms in total. The van der Waals surface area contributed by atoms with E-state index in [-0.39, 0.29) is 0 Å². The van der Waals surface area contributed by atoms with Gasteiger partial charge in [-0.1, -0.05) is 75.2 Å². The first-order chi connectivity index (χ1) is 10.8. The fraction of sp³-hybridized carbons (Fsp3) is 0.364. The molecule has 0 heteroatoms. The van der Waals surface area contributed by atoms with Gasteiger partial charge in [0.05, 0.1) is 0 Å². The molecule has 114 valence electrons. The molecule has 0 N–H and O–H groups in total. The largest absolute Gasteiger partial charge is 0.0654 e. The maximum atomic E-state index is 2.35. The molecule has 0 aliphatic heterocycles. The van der Waals surface area contributed by atoms with Crippen molar-refractivity contribution in [3.63, 3.8) is 0 Å². The maximum absolute atomic E-state index is 2.35. The third-order valence-corrected chi connectivity index (χ3v) is 4.76. The van der Waals surface area contributed by atoms with E-state index in [2.05, 4.69) is 62.4 Å². The van der Waals surface area contributed by atoms with Gasteiger partial charge >= 0.3 is 0 Å². The molecule has 4 rings (SSSR count). The molecule has 0 radical (unpaired) electrons. The predicted octanol–water partition coefficient (Wildman–Crippen LogP) is 6.68. The zero-order valence-corrected chi connectivity index (χ0v) is 13.9. The minimum Gasteiger partial charge on any atom is -0.0654 e. The zero-order chi connectivity index (χ0) is 15.4. The van der Waals surface area contributed by atoms with Crippen LogP contribution < -0.4 is 0 Å². The molecule has 0 bridgehead atoms. The van der Waals surface area contributed by atoms with Gasteiger partial charge in [-0.2, -0.15) is 0 Å². The molecule has 1 aliphatic carbocycles. The summed E-state index contributed by atoms with van der Waals surface area (Å²) in [6, 6.07) is 18.0. The first kappa shape index (κ1) is 15.1. The SMILES string of the molecule is CCCC.c1ccc2c(c1)ccc1c3c(ccc12)CCCC3. The van der Waals surface area contributed by atoms with Gasteiger partial charge in [-0.05, 0) is 58.4 Å². The Morgan fingerprint density at radius 1 is 0.682 bits per heavy atom. The Kier molecular flexibility index (Phi) is 4.77. The van der Waals surface area contributed by atoms with Gasteiger partial charge in [0, 0.05) is 0 Å². The van der Waals surface area contributed by atoms with Crippen LogP contribution in [0.2, 0.25) is 0 Å². The van der Waals surface area contributed by atoms with Crippen molar-refractivity contribution in [3.05, 3.63) is 59.7 Å². The van der Waals surface area contributed by atoms with E-state index >= 15 is 0 Å². The average molecular weight is 290 g/mol. The first-order valence-electron chi connectivity index (χ1n) is 8.77. The van der Waals surface area contributed by atoms with Crippen LogP contribution in [0.3, 0.4) is 0 Å². The van der Waals surface area contributed by atoms with Gasteiger partial charge in [0.25, 0.3) is 0 Å². The highest BCUT2D eigenvalue weighted by Gasteiger charge is 2.13. The Labute approximate surface area is 134 Å². The van der Waals surface area contributed by atoms with E-state index in [1.165, 1.54) is 60.1 Å². The highest BCUT2D eigenvalue weighted by atomic mass is 14.2. The summed E-state index contributed by atoms with van der Waals surface area (Å²) in [5.41, 5.74) is 3.17. The zero-order valence-electron chi connectivity index (χ0n) is 13.9. The quantitative estimate of drug-likeness (QED) is 0.438. The molecule has 0 unspecified atom stereocenters. The van der Waals surface area contributed by atoms with Crippen molar-refractivity contribution in [2.75, 3.05) is 0 Å². The van der Waals surface area contributed by atoms with Crippen LogP contribution in [0, 0.1) is 0 Å². The lowest BCUT2D eigenvalue weighted by atomic mass is 9.86. The third kappa shape index (κ3) is 2.88. The van der Waals surface area contributed by atoms with E-state index in [9.17, 15) is 0 Å². The number of aryl methyl sites for hydroxylation is 2. The number of hydrogen-bond donors (Lipinski definition) is 0. The number of hydrogen-bond acceptors (Lipinski definition) is 0. The van der Waals surface area contributed by atoms with Gasteiger partial charge in [0.15, 0.2) is 0 Å². The van der Waals surface area contributed by atoms with Crippen LogP contribution in [0.25, 0.3) is 21.5 Å². The Balaban J connectivity index is 0.000000325. The van der Waals surface area contributed by atoms with Crippen LogP contribution in [-0.4, -0.2) is 0 Å². The van der Waals surface area contributed by atoms with E-state index < -0.39 is 0 Å². The summed E-state index contributed by atoms with van der Waals surface area (Å²) in [6.07, 6.45) is 7.86. The first-order valence-corrected chi connectivity index (χ1v) is 8.77. The second kappa shape index (κ2) is 6.96. The monoisotopic (exact) mass is 290 g/mol. The number of benzene rings is 3. The molecular formula is C22H26. The molecule has 0 heterocycles. The number of unbranched alkanes of at least 4 members (excludes halogenated alkanes) is 1. The van der Waals surface area contributed by atoms with Crippen LogP contribution >= 0.6 is 0 Å². The summed E-state index contributed by atoms with van der Waals surface area (Å²) in [6.45, 7) is 4.36. The molecule has 22 heavy (non-hydrogen) atoms. The Morgan fingerprint density at radius 2 is 1.41 bits per heavy atom. The summed E-state index contributed by atoms with van der Waals surface area (Å²) in [5, 5.41) is 5.64. The minimum absolute atomic E-state index is 1.25. The lowest BCUT2D eigenvalue weighted by molar-refractivity contribution is 0.690. The summed E-state index contributed by atoms with van der Waals surface area (Å²) in [7, 11) is 0. The van der Waals surface area contributed by atoms with Crippen LogP contribution in [-0.2, 0) is 12.8 Å². The Bertz CT molecular complexity index is 765. The minimum atomic E-state index is 1.25. The molecule has 3 aromatic carbocycles. The van der Waals surface area contributed by atoms with Crippen LogP contribution in [0.4, 0.5) is 0 Å². The summed E-state index contributed by atoms with van der Waals surface area (Å²) < 4.78 is 0. The van der Waals surface area contributed by atoms with Crippen molar-refractivity contribution in [3.8, 4) is 0 Å². The van der Waals surface area contributed by atoms with Crippen molar-refractivity contribution in [2.24, 2.45) is 0 Å². The topological polar surface area (TPSA) is 0 Å². The molecule has 0 spiro atoms. The lowest BCUT2D eigenvalue weighted by Gasteiger charge is -2.18. The Hall–Kier alpha value is -1.82. The normalized spacial score (nSPS) is 13.5. The van der Waals surface area contributed by atoms with Gasteiger partial charge in [-0.15, -0.1) is 0 Å². The molecule has 0 atom stereocenters. The molecule has 0 amide bonds. The molecule has 0 saturated heterocycles. The third-order valence-electron chi connectivity index (χ3n) is 4.76. The molecular weight excluding hydrogens is 264 g/mol. The smallest absolute Gasteiger partial charge is 0.0102 e. The van der Waals surface area contributed by atoms with Crippen molar-refractivity contribution >= 4 is 21.5 Å². The van der Waals surface area contributed by atoms with E-state index in [0.29, 0.717) is 0 Å².